The SMILES string of the molecule is NNC(c1ccccc1Cl)c1cc(Cl)ccc1Br. The van der Waals surface area contributed by atoms with E-state index in [1.807, 2.05) is 42.5 Å². The van der Waals surface area contributed by atoms with E-state index in [0.29, 0.717) is 10.0 Å². The van der Waals surface area contributed by atoms with Gasteiger partial charge in [0.25, 0.3) is 0 Å². The minimum Gasteiger partial charge on any atom is -0.271 e. The predicted octanol–water partition coefficient (Wildman–Crippen LogP) is 4.31. The average Bonchev–Trinajstić information content (AvgIpc) is 2.36. The number of hydrogen-bond acceptors (Lipinski definition) is 2. The quantitative estimate of drug-likeness (QED) is 0.642. The van der Waals surface area contributed by atoms with E-state index in [9.17, 15) is 0 Å². The lowest BCUT2D eigenvalue weighted by Gasteiger charge is -2.19. The van der Waals surface area contributed by atoms with Gasteiger partial charge in [-0.05, 0) is 35.4 Å². The molecule has 0 spiro atoms. The Morgan fingerprint density at radius 2 is 1.78 bits per heavy atom. The van der Waals surface area contributed by atoms with Crippen molar-refractivity contribution in [3.8, 4) is 0 Å². The second kappa shape index (κ2) is 6.04. The normalized spacial score (nSPS) is 12.4. The summed E-state index contributed by atoms with van der Waals surface area (Å²) in [5.41, 5.74) is 4.62. The molecule has 0 aliphatic rings. The van der Waals surface area contributed by atoms with E-state index in [4.69, 9.17) is 29.0 Å². The van der Waals surface area contributed by atoms with Crippen LogP contribution in [0.15, 0.2) is 46.9 Å². The van der Waals surface area contributed by atoms with Crippen LogP contribution in [0.25, 0.3) is 0 Å². The molecule has 0 fully saturated rings. The Labute approximate surface area is 124 Å². The van der Waals surface area contributed by atoms with Crippen molar-refractivity contribution < 1.29 is 0 Å². The maximum absolute atomic E-state index is 6.20. The van der Waals surface area contributed by atoms with Crippen LogP contribution in [0.3, 0.4) is 0 Å². The van der Waals surface area contributed by atoms with Crippen molar-refractivity contribution in [3.05, 3.63) is 68.1 Å². The molecule has 94 valence electrons. The molecule has 2 nitrogen and oxygen atoms in total. The first kappa shape index (κ1) is 13.8. The fourth-order valence-electron chi connectivity index (χ4n) is 1.79. The fourth-order valence-corrected chi connectivity index (χ4v) is 2.69. The number of rotatable bonds is 3. The van der Waals surface area contributed by atoms with Crippen LogP contribution in [-0.2, 0) is 0 Å². The molecule has 0 saturated carbocycles. The van der Waals surface area contributed by atoms with Gasteiger partial charge in [-0.2, -0.15) is 0 Å². The molecule has 0 radical (unpaired) electrons. The van der Waals surface area contributed by atoms with Gasteiger partial charge in [0.05, 0.1) is 6.04 Å². The van der Waals surface area contributed by atoms with E-state index in [1.165, 1.54) is 0 Å². The van der Waals surface area contributed by atoms with Crippen molar-refractivity contribution in [2.45, 2.75) is 6.04 Å². The Hall–Kier alpha value is -0.580. The van der Waals surface area contributed by atoms with Crippen LogP contribution in [0.2, 0.25) is 10.0 Å². The van der Waals surface area contributed by atoms with Crippen molar-refractivity contribution in [2.24, 2.45) is 5.84 Å². The molecule has 1 unspecified atom stereocenters. The Kier molecular flexibility index (Phi) is 4.65. The number of hydrazine groups is 1. The highest BCUT2D eigenvalue weighted by Gasteiger charge is 2.18. The third kappa shape index (κ3) is 2.87. The van der Waals surface area contributed by atoms with Gasteiger partial charge in [0.2, 0.25) is 0 Å². The van der Waals surface area contributed by atoms with E-state index in [1.54, 1.807) is 0 Å². The number of benzene rings is 2. The minimum absolute atomic E-state index is 0.216. The summed E-state index contributed by atoms with van der Waals surface area (Å²) >= 11 is 15.7. The largest absolute Gasteiger partial charge is 0.271 e. The third-order valence-corrected chi connectivity index (χ3v) is 3.95. The Morgan fingerprint density at radius 1 is 1.06 bits per heavy atom. The maximum atomic E-state index is 6.20. The predicted molar refractivity (Wildman–Crippen MR) is 79.8 cm³/mol. The monoisotopic (exact) mass is 344 g/mol. The highest BCUT2D eigenvalue weighted by atomic mass is 79.9. The molecule has 5 heteroatoms. The maximum Gasteiger partial charge on any atom is 0.0735 e. The number of nitrogens with two attached hydrogens (primary N) is 1. The standard InChI is InChI=1S/C13H11BrCl2N2/c14-11-6-5-8(15)7-10(11)13(18-17)9-3-1-2-4-12(9)16/h1-7,13,18H,17H2. The summed E-state index contributed by atoms with van der Waals surface area (Å²) in [6.45, 7) is 0. The molecule has 2 aromatic carbocycles. The molecular formula is C13H11BrCl2N2. The molecule has 0 saturated heterocycles. The first-order chi connectivity index (χ1) is 8.63. The number of halogens is 3. The van der Waals surface area contributed by atoms with Crippen LogP contribution in [0.4, 0.5) is 0 Å². The van der Waals surface area contributed by atoms with Crippen LogP contribution in [0.1, 0.15) is 17.2 Å². The smallest absolute Gasteiger partial charge is 0.0735 e. The van der Waals surface area contributed by atoms with E-state index >= 15 is 0 Å². The van der Waals surface area contributed by atoms with Crippen molar-refractivity contribution in [1.82, 2.24) is 5.43 Å². The Bertz CT molecular complexity index is 560. The lowest BCUT2D eigenvalue weighted by Crippen LogP contribution is -2.29. The van der Waals surface area contributed by atoms with Gasteiger partial charge in [0.15, 0.2) is 0 Å². The van der Waals surface area contributed by atoms with E-state index in [-0.39, 0.29) is 6.04 Å². The summed E-state index contributed by atoms with van der Waals surface area (Å²) in [6.07, 6.45) is 0. The molecule has 0 aromatic heterocycles. The molecular weight excluding hydrogens is 335 g/mol. The zero-order chi connectivity index (χ0) is 13.1. The third-order valence-electron chi connectivity index (χ3n) is 2.65. The Morgan fingerprint density at radius 3 is 2.44 bits per heavy atom. The summed E-state index contributed by atoms with van der Waals surface area (Å²) in [5, 5.41) is 1.31. The van der Waals surface area contributed by atoms with Crippen molar-refractivity contribution >= 4 is 39.1 Å². The average molecular weight is 346 g/mol. The van der Waals surface area contributed by atoms with Gasteiger partial charge in [0.1, 0.15) is 0 Å². The first-order valence-electron chi connectivity index (χ1n) is 5.29. The molecule has 18 heavy (non-hydrogen) atoms. The van der Waals surface area contributed by atoms with Crippen LogP contribution < -0.4 is 11.3 Å². The van der Waals surface area contributed by atoms with Crippen LogP contribution in [-0.4, -0.2) is 0 Å². The number of nitrogens with one attached hydrogen (secondary N) is 1. The molecule has 1 atom stereocenters. The topological polar surface area (TPSA) is 38.0 Å². The number of hydrogen-bond donors (Lipinski definition) is 2. The molecule has 2 aromatic rings. The fraction of sp³-hybridized carbons (Fsp3) is 0.0769. The van der Waals surface area contributed by atoms with Crippen molar-refractivity contribution in [3.63, 3.8) is 0 Å². The highest BCUT2D eigenvalue weighted by molar-refractivity contribution is 9.10. The summed E-state index contributed by atoms with van der Waals surface area (Å²) in [4.78, 5) is 0. The summed E-state index contributed by atoms with van der Waals surface area (Å²) < 4.78 is 0.926. The van der Waals surface area contributed by atoms with Gasteiger partial charge in [-0.25, -0.2) is 5.43 Å². The van der Waals surface area contributed by atoms with Gasteiger partial charge in [-0.15, -0.1) is 0 Å². The lowest BCUT2D eigenvalue weighted by molar-refractivity contribution is 0.635. The van der Waals surface area contributed by atoms with Crippen molar-refractivity contribution in [1.29, 1.82) is 0 Å². The minimum atomic E-state index is -0.216. The van der Waals surface area contributed by atoms with Crippen LogP contribution in [0.5, 0.6) is 0 Å². The van der Waals surface area contributed by atoms with Gasteiger partial charge >= 0.3 is 0 Å². The second-order valence-corrected chi connectivity index (χ2v) is 5.49. The van der Waals surface area contributed by atoms with Gasteiger partial charge in [-0.1, -0.05) is 57.3 Å². The Balaban J connectivity index is 2.52. The molecule has 0 aliphatic heterocycles. The molecule has 3 N–H and O–H groups in total. The lowest BCUT2D eigenvalue weighted by atomic mass is 9.99. The second-order valence-electron chi connectivity index (χ2n) is 3.79. The van der Waals surface area contributed by atoms with E-state index < -0.39 is 0 Å². The zero-order valence-corrected chi connectivity index (χ0v) is 12.4. The van der Waals surface area contributed by atoms with Gasteiger partial charge in [-0.3, -0.25) is 5.84 Å². The van der Waals surface area contributed by atoms with E-state index in [2.05, 4.69) is 21.4 Å². The van der Waals surface area contributed by atoms with Crippen LogP contribution >= 0.6 is 39.1 Å². The molecule has 0 aliphatic carbocycles. The van der Waals surface area contributed by atoms with Gasteiger partial charge in [0, 0.05) is 14.5 Å². The molecule has 2 rings (SSSR count). The van der Waals surface area contributed by atoms with Crippen LogP contribution in [0, 0.1) is 0 Å². The summed E-state index contributed by atoms with van der Waals surface area (Å²) in [7, 11) is 0. The molecule has 0 amide bonds. The molecule has 0 bridgehead atoms. The summed E-state index contributed by atoms with van der Waals surface area (Å²) in [6, 6.07) is 12.9. The van der Waals surface area contributed by atoms with Crippen molar-refractivity contribution in [2.75, 3.05) is 0 Å². The first-order valence-corrected chi connectivity index (χ1v) is 6.84. The highest BCUT2D eigenvalue weighted by Crippen LogP contribution is 2.33. The van der Waals surface area contributed by atoms with E-state index in [0.717, 1.165) is 15.6 Å². The summed E-state index contributed by atoms with van der Waals surface area (Å²) in [5.74, 6) is 5.65. The zero-order valence-electron chi connectivity index (χ0n) is 9.33. The van der Waals surface area contributed by atoms with Gasteiger partial charge < -0.3 is 0 Å². The molecule has 0 heterocycles.